The normalized spacial score (nSPS) is 19.2. The summed E-state index contributed by atoms with van der Waals surface area (Å²) in [5.41, 5.74) is 8.08. The first-order valence-corrected chi connectivity index (χ1v) is 8.64. The summed E-state index contributed by atoms with van der Waals surface area (Å²) in [5.74, 6) is 1.93. The molecule has 0 radical (unpaired) electrons. The van der Waals surface area contributed by atoms with Gasteiger partial charge in [-0.25, -0.2) is 15.0 Å². The number of halogens is 2. The number of hydrogen-bond donors (Lipinski definition) is 1. The van der Waals surface area contributed by atoms with Crippen molar-refractivity contribution in [3.05, 3.63) is 34.2 Å². The first-order valence-electron chi connectivity index (χ1n) is 7.76. The Labute approximate surface area is 159 Å². The minimum absolute atomic E-state index is 0. The predicted molar refractivity (Wildman–Crippen MR) is 105 cm³/mol. The van der Waals surface area contributed by atoms with Crippen molar-refractivity contribution in [2.75, 3.05) is 11.9 Å². The molecule has 2 aromatic rings. The predicted octanol–water partition coefficient (Wildman–Crippen LogP) is 3.74. The minimum Gasteiger partial charge on any atom is -0.354 e. The van der Waals surface area contributed by atoms with Crippen LogP contribution in [-0.2, 0) is 6.54 Å². The van der Waals surface area contributed by atoms with Crippen LogP contribution in [0.25, 0.3) is 0 Å². The van der Waals surface area contributed by atoms with Crippen molar-refractivity contribution in [1.29, 1.82) is 0 Å². The van der Waals surface area contributed by atoms with Crippen molar-refractivity contribution < 1.29 is 0 Å². The number of rotatable bonds is 5. The van der Waals surface area contributed by atoms with Crippen LogP contribution in [0.15, 0.2) is 17.8 Å². The average Bonchev–Trinajstić information content (AvgIpc) is 2.93. The van der Waals surface area contributed by atoms with Gasteiger partial charge in [-0.2, -0.15) is 0 Å². The summed E-state index contributed by atoms with van der Waals surface area (Å²) in [6, 6.07) is 2.43. The zero-order valence-corrected chi connectivity index (χ0v) is 16.6. The summed E-state index contributed by atoms with van der Waals surface area (Å²) < 4.78 is 0. The number of hydrogen-bond acceptors (Lipinski definition) is 6. The van der Waals surface area contributed by atoms with Gasteiger partial charge < -0.3 is 10.6 Å². The molecule has 0 aromatic carbocycles. The van der Waals surface area contributed by atoms with E-state index >= 15 is 0 Å². The van der Waals surface area contributed by atoms with Crippen molar-refractivity contribution in [2.24, 2.45) is 5.73 Å². The molecule has 1 aliphatic carbocycles. The van der Waals surface area contributed by atoms with Gasteiger partial charge in [0, 0.05) is 42.1 Å². The van der Waals surface area contributed by atoms with Crippen molar-refractivity contribution in [1.82, 2.24) is 15.0 Å². The van der Waals surface area contributed by atoms with Gasteiger partial charge in [-0.1, -0.05) is 13.8 Å². The summed E-state index contributed by atoms with van der Waals surface area (Å²) >= 11 is 1.73. The molecule has 1 fully saturated rings. The maximum absolute atomic E-state index is 5.87. The molecule has 0 saturated heterocycles. The number of thiazole rings is 1. The molecule has 0 amide bonds. The van der Waals surface area contributed by atoms with Crippen LogP contribution in [0.1, 0.15) is 54.9 Å². The molecule has 1 aliphatic rings. The Kier molecular flexibility index (Phi) is 7.86. The largest absolute Gasteiger partial charge is 0.354 e. The second-order valence-corrected chi connectivity index (χ2v) is 7.31. The lowest BCUT2D eigenvalue weighted by Crippen LogP contribution is -2.35. The molecular formula is C16H25Cl2N5S. The fourth-order valence-electron chi connectivity index (χ4n) is 2.68. The van der Waals surface area contributed by atoms with E-state index in [1.165, 1.54) is 5.01 Å². The molecule has 8 heteroatoms. The lowest BCUT2D eigenvalue weighted by molar-refractivity contribution is 0.345. The Bertz CT molecular complexity index is 643. The molecule has 2 aromatic heterocycles. The Balaban J connectivity index is 0.00000144. The van der Waals surface area contributed by atoms with Crippen LogP contribution in [0.4, 0.5) is 5.82 Å². The third-order valence-electron chi connectivity index (χ3n) is 4.12. The zero-order chi connectivity index (χ0) is 15.7. The molecule has 2 heterocycles. The summed E-state index contributed by atoms with van der Waals surface area (Å²) in [6.45, 7) is 5.11. The van der Waals surface area contributed by atoms with Gasteiger partial charge in [0.1, 0.15) is 12.1 Å². The molecule has 0 spiro atoms. The van der Waals surface area contributed by atoms with E-state index in [0.29, 0.717) is 17.9 Å². The Morgan fingerprint density at radius 2 is 2.00 bits per heavy atom. The minimum atomic E-state index is 0. The van der Waals surface area contributed by atoms with Gasteiger partial charge in [-0.3, -0.25) is 0 Å². The lowest BCUT2D eigenvalue weighted by atomic mass is 9.78. The van der Waals surface area contributed by atoms with Crippen LogP contribution < -0.4 is 10.6 Å². The van der Waals surface area contributed by atoms with Crippen LogP contribution in [0, 0.1) is 0 Å². The summed E-state index contributed by atoms with van der Waals surface area (Å²) in [5, 5.41) is 3.33. The second-order valence-electron chi connectivity index (χ2n) is 6.42. The molecule has 0 aliphatic heterocycles. The first-order chi connectivity index (χ1) is 10.5. The molecule has 2 N–H and O–H groups in total. The highest BCUT2D eigenvalue weighted by Crippen LogP contribution is 2.35. The molecule has 1 saturated carbocycles. The van der Waals surface area contributed by atoms with Crippen LogP contribution in [0.3, 0.4) is 0 Å². The highest BCUT2D eigenvalue weighted by molar-refractivity contribution is 7.09. The van der Waals surface area contributed by atoms with Crippen LogP contribution in [0.2, 0.25) is 0 Å². The smallest absolute Gasteiger partial charge is 0.132 e. The summed E-state index contributed by atoms with van der Waals surface area (Å²) in [6.07, 6.45) is 3.72. The molecule has 134 valence electrons. The second kappa shape index (κ2) is 8.94. The van der Waals surface area contributed by atoms with E-state index in [4.69, 9.17) is 5.73 Å². The van der Waals surface area contributed by atoms with Crippen molar-refractivity contribution >= 4 is 42.0 Å². The number of nitrogens with zero attached hydrogens (tertiary/aromatic N) is 4. The van der Waals surface area contributed by atoms with E-state index in [-0.39, 0.29) is 24.8 Å². The molecule has 0 bridgehead atoms. The number of aromatic nitrogens is 3. The van der Waals surface area contributed by atoms with E-state index in [1.54, 1.807) is 17.7 Å². The van der Waals surface area contributed by atoms with Gasteiger partial charge in [0.05, 0.1) is 17.2 Å². The third kappa shape index (κ3) is 4.79. The van der Waals surface area contributed by atoms with Crippen molar-refractivity contribution in [2.45, 2.75) is 51.1 Å². The number of nitrogens with two attached hydrogens (primary N) is 1. The molecule has 0 unspecified atom stereocenters. The first kappa shape index (κ1) is 21.1. The maximum atomic E-state index is 5.87. The molecule has 0 atom stereocenters. The summed E-state index contributed by atoms with van der Waals surface area (Å²) in [4.78, 5) is 15.6. The van der Waals surface area contributed by atoms with E-state index in [1.807, 2.05) is 7.05 Å². The van der Waals surface area contributed by atoms with Crippen LogP contribution in [-0.4, -0.2) is 28.0 Å². The van der Waals surface area contributed by atoms with Crippen molar-refractivity contribution in [3.8, 4) is 0 Å². The quantitative estimate of drug-likeness (QED) is 0.842. The van der Waals surface area contributed by atoms with Crippen molar-refractivity contribution in [3.63, 3.8) is 0 Å². The van der Waals surface area contributed by atoms with E-state index < -0.39 is 0 Å². The highest BCUT2D eigenvalue weighted by Gasteiger charge is 2.28. The monoisotopic (exact) mass is 389 g/mol. The van der Waals surface area contributed by atoms with Crippen LogP contribution >= 0.6 is 36.2 Å². The van der Waals surface area contributed by atoms with E-state index in [9.17, 15) is 0 Å². The Morgan fingerprint density at radius 1 is 1.29 bits per heavy atom. The summed E-state index contributed by atoms with van der Waals surface area (Å²) in [7, 11) is 2.05. The topological polar surface area (TPSA) is 67.9 Å². The molecular weight excluding hydrogens is 365 g/mol. The maximum Gasteiger partial charge on any atom is 0.132 e. The average molecular weight is 390 g/mol. The van der Waals surface area contributed by atoms with Crippen LogP contribution in [0.5, 0.6) is 0 Å². The fraction of sp³-hybridized carbons (Fsp3) is 0.562. The highest BCUT2D eigenvalue weighted by atomic mass is 35.5. The number of anilines is 1. The molecule has 5 nitrogen and oxygen atoms in total. The third-order valence-corrected chi connectivity index (χ3v) is 5.31. The van der Waals surface area contributed by atoms with Gasteiger partial charge in [-0.15, -0.1) is 36.2 Å². The van der Waals surface area contributed by atoms with Gasteiger partial charge >= 0.3 is 0 Å². The Morgan fingerprint density at radius 3 is 2.58 bits per heavy atom. The van der Waals surface area contributed by atoms with E-state index in [0.717, 1.165) is 36.6 Å². The standard InChI is InChI=1S/C16H23N5S.2ClH/c1-10(2)16-20-13(8-22-16)7-21(3)15-6-14(18-9-19-15)11-4-12(17)5-11;;/h6,8-12H,4-5,7,17H2,1-3H3;2*1H. The zero-order valence-electron chi connectivity index (χ0n) is 14.2. The van der Waals surface area contributed by atoms with Gasteiger partial charge in [-0.05, 0) is 12.8 Å². The molecule has 24 heavy (non-hydrogen) atoms. The lowest BCUT2D eigenvalue weighted by Gasteiger charge is -2.32. The van der Waals surface area contributed by atoms with E-state index in [2.05, 4.69) is 45.1 Å². The van der Waals surface area contributed by atoms with Gasteiger partial charge in [0.15, 0.2) is 0 Å². The Hall–Kier alpha value is -0.950. The fourth-order valence-corrected chi connectivity index (χ4v) is 3.51. The van der Waals surface area contributed by atoms with Gasteiger partial charge in [0.2, 0.25) is 0 Å². The SMILES string of the molecule is CC(C)c1nc(CN(C)c2cc(C3CC(N)C3)ncn2)cs1.Cl.Cl. The molecule has 3 rings (SSSR count). The van der Waals surface area contributed by atoms with Gasteiger partial charge in [0.25, 0.3) is 0 Å².